The Labute approximate surface area is 97.8 Å². The number of rotatable bonds is 3. The van der Waals surface area contributed by atoms with Crippen molar-refractivity contribution in [2.24, 2.45) is 11.7 Å². The Morgan fingerprint density at radius 2 is 2.25 bits per heavy atom. The number of hydrogen-bond acceptors (Lipinski definition) is 2. The number of nitrogens with two attached hydrogens (primary N) is 1. The summed E-state index contributed by atoms with van der Waals surface area (Å²) in [4.78, 5) is 0. The summed E-state index contributed by atoms with van der Waals surface area (Å²) in [5.41, 5.74) is 10.2. The van der Waals surface area contributed by atoms with Crippen molar-refractivity contribution in [3.05, 3.63) is 34.9 Å². The Morgan fingerprint density at radius 1 is 1.44 bits per heavy atom. The van der Waals surface area contributed by atoms with Crippen molar-refractivity contribution >= 4 is 0 Å². The second kappa shape index (κ2) is 4.98. The average Bonchev–Trinajstić information content (AvgIpc) is 2.70. The highest BCUT2D eigenvalue weighted by Crippen LogP contribution is 2.26. The number of aryl methyl sites for hydroxylation is 2. The first-order chi connectivity index (χ1) is 7.66. The third kappa shape index (κ3) is 2.63. The van der Waals surface area contributed by atoms with Crippen molar-refractivity contribution < 1.29 is 4.74 Å². The molecule has 0 bridgehead atoms. The SMILES string of the molecule is Cc1ccc(C(N)CC2CCOC2)c(C)c1. The molecule has 0 spiro atoms. The lowest BCUT2D eigenvalue weighted by atomic mass is 9.92. The van der Waals surface area contributed by atoms with Crippen molar-refractivity contribution in [2.45, 2.75) is 32.7 Å². The van der Waals surface area contributed by atoms with Gasteiger partial charge in [-0.3, -0.25) is 0 Å². The molecule has 2 N–H and O–H groups in total. The molecular weight excluding hydrogens is 198 g/mol. The van der Waals surface area contributed by atoms with Gasteiger partial charge in [-0.1, -0.05) is 23.8 Å². The normalized spacial score (nSPS) is 22.3. The smallest absolute Gasteiger partial charge is 0.0495 e. The van der Waals surface area contributed by atoms with E-state index in [4.69, 9.17) is 10.5 Å². The maximum absolute atomic E-state index is 6.27. The maximum Gasteiger partial charge on any atom is 0.0495 e. The van der Waals surface area contributed by atoms with Gasteiger partial charge in [0.15, 0.2) is 0 Å². The Bertz CT molecular complexity index is 356. The van der Waals surface area contributed by atoms with E-state index in [0.29, 0.717) is 5.92 Å². The first-order valence-electron chi connectivity index (χ1n) is 6.07. The van der Waals surface area contributed by atoms with E-state index >= 15 is 0 Å². The van der Waals surface area contributed by atoms with Crippen molar-refractivity contribution in [1.29, 1.82) is 0 Å². The molecule has 2 atom stereocenters. The van der Waals surface area contributed by atoms with Gasteiger partial charge >= 0.3 is 0 Å². The number of ether oxygens (including phenoxy) is 1. The van der Waals surface area contributed by atoms with Crippen LogP contribution in [-0.2, 0) is 4.74 Å². The fourth-order valence-corrected chi connectivity index (χ4v) is 2.50. The van der Waals surface area contributed by atoms with Crippen LogP contribution < -0.4 is 5.73 Å². The molecule has 0 aromatic heterocycles. The molecule has 2 heteroatoms. The Kier molecular flexibility index (Phi) is 3.62. The van der Waals surface area contributed by atoms with Crippen LogP contribution >= 0.6 is 0 Å². The molecule has 2 unspecified atom stereocenters. The summed E-state index contributed by atoms with van der Waals surface area (Å²) in [6.45, 7) is 6.06. The van der Waals surface area contributed by atoms with Gasteiger partial charge in [-0.25, -0.2) is 0 Å². The highest BCUT2D eigenvalue weighted by atomic mass is 16.5. The molecule has 16 heavy (non-hydrogen) atoms. The van der Waals surface area contributed by atoms with Crippen LogP contribution in [0.3, 0.4) is 0 Å². The minimum Gasteiger partial charge on any atom is -0.381 e. The van der Waals surface area contributed by atoms with Gasteiger partial charge in [0.25, 0.3) is 0 Å². The molecule has 1 fully saturated rings. The molecule has 1 aliphatic heterocycles. The molecule has 1 heterocycles. The molecule has 2 nitrogen and oxygen atoms in total. The second-order valence-electron chi connectivity index (χ2n) is 4.93. The third-order valence-electron chi connectivity index (χ3n) is 3.44. The van der Waals surface area contributed by atoms with Crippen LogP contribution in [0.15, 0.2) is 18.2 Å². The quantitative estimate of drug-likeness (QED) is 0.848. The zero-order valence-corrected chi connectivity index (χ0v) is 10.2. The monoisotopic (exact) mass is 219 g/mol. The zero-order chi connectivity index (χ0) is 11.5. The van der Waals surface area contributed by atoms with Crippen LogP contribution in [0.4, 0.5) is 0 Å². The van der Waals surface area contributed by atoms with E-state index in [9.17, 15) is 0 Å². The van der Waals surface area contributed by atoms with Crippen molar-refractivity contribution in [3.8, 4) is 0 Å². The third-order valence-corrected chi connectivity index (χ3v) is 3.44. The predicted octanol–water partition coefficient (Wildman–Crippen LogP) is 2.73. The first-order valence-corrected chi connectivity index (χ1v) is 6.07. The fraction of sp³-hybridized carbons (Fsp3) is 0.571. The summed E-state index contributed by atoms with van der Waals surface area (Å²) in [6.07, 6.45) is 2.21. The van der Waals surface area contributed by atoms with Gasteiger partial charge in [0.1, 0.15) is 0 Å². The minimum absolute atomic E-state index is 0.160. The molecule has 88 valence electrons. The van der Waals surface area contributed by atoms with Crippen LogP contribution in [0, 0.1) is 19.8 Å². The van der Waals surface area contributed by atoms with Gasteiger partial charge in [0, 0.05) is 19.3 Å². The highest BCUT2D eigenvalue weighted by molar-refractivity contribution is 5.32. The molecular formula is C14H21NO. The molecule has 1 aromatic rings. The summed E-state index contributed by atoms with van der Waals surface area (Å²) in [6, 6.07) is 6.69. The molecule has 1 aromatic carbocycles. The van der Waals surface area contributed by atoms with Crippen LogP contribution in [0.1, 0.15) is 35.6 Å². The van der Waals surface area contributed by atoms with Gasteiger partial charge in [0.2, 0.25) is 0 Å². The molecule has 0 radical (unpaired) electrons. The lowest BCUT2D eigenvalue weighted by molar-refractivity contribution is 0.182. The van der Waals surface area contributed by atoms with E-state index in [2.05, 4.69) is 32.0 Å². The zero-order valence-electron chi connectivity index (χ0n) is 10.2. The molecule has 0 amide bonds. The summed E-state index contributed by atoms with van der Waals surface area (Å²) < 4.78 is 5.39. The van der Waals surface area contributed by atoms with Gasteiger partial charge in [-0.2, -0.15) is 0 Å². The van der Waals surface area contributed by atoms with Gasteiger partial charge in [-0.15, -0.1) is 0 Å². The Hall–Kier alpha value is -0.860. The highest BCUT2D eigenvalue weighted by Gasteiger charge is 2.20. The van der Waals surface area contributed by atoms with Crippen LogP contribution in [0.25, 0.3) is 0 Å². The van der Waals surface area contributed by atoms with Crippen LogP contribution in [0.2, 0.25) is 0 Å². The predicted molar refractivity (Wildman–Crippen MR) is 66.4 cm³/mol. The van der Waals surface area contributed by atoms with Crippen molar-refractivity contribution in [2.75, 3.05) is 13.2 Å². The van der Waals surface area contributed by atoms with Gasteiger partial charge in [0.05, 0.1) is 0 Å². The van der Waals surface area contributed by atoms with Crippen LogP contribution in [-0.4, -0.2) is 13.2 Å². The lowest BCUT2D eigenvalue weighted by Gasteiger charge is -2.18. The van der Waals surface area contributed by atoms with E-state index in [1.54, 1.807) is 0 Å². The Morgan fingerprint density at radius 3 is 2.88 bits per heavy atom. The fourth-order valence-electron chi connectivity index (χ4n) is 2.50. The van der Waals surface area contributed by atoms with Crippen molar-refractivity contribution in [3.63, 3.8) is 0 Å². The maximum atomic E-state index is 6.27. The second-order valence-corrected chi connectivity index (χ2v) is 4.93. The van der Waals surface area contributed by atoms with E-state index in [0.717, 1.165) is 19.6 Å². The van der Waals surface area contributed by atoms with Crippen molar-refractivity contribution in [1.82, 2.24) is 0 Å². The summed E-state index contributed by atoms with van der Waals surface area (Å²) >= 11 is 0. The van der Waals surface area contributed by atoms with Gasteiger partial charge < -0.3 is 10.5 Å². The van der Waals surface area contributed by atoms with E-state index in [1.165, 1.54) is 23.1 Å². The average molecular weight is 219 g/mol. The standard InChI is InChI=1S/C14H21NO/c1-10-3-4-13(11(2)7-10)14(15)8-12-5-6-16-9-12/h3-4,7,12,14H,5-6,8-9,15H2,1-2H3. The van der Waals surface area contributed by atoms with Crippen LogP contribution in [0.5, 0.6) is 0 Å². The number of benzene rings is 1. The summed E-state index contributed by atoms with van der Waals surface area (Å²) in [5.74, 6) is 0.649. The summed E-state index contributed by atoms with van der Waals surface area (Å²) in [5, 5.41) is 0. The Balaban J connectivity index is 2.04. The molecule has 1 saturated heterocycles. The first kappa shape index (κ1) is 11.6. The lowest BCUT2D eigenvalue weighted by Crippen LogP contribution is -2.16. The number of hydrogen-bond donors (Lipinski definition) is 1. The molecule has 2 rings (SSSR count). The molecule has 1 aliphatic rings. The molecule has 0 saturated carbocycles. The van der Waals surface area contributed by atoms with E-state index in [1.807, 2.05) is 0 Å². The van der Waals surface area contributed by atoms with Gasteiger partial charge in [-0.05, 0) is 43.7 Å². The summed E-state index contributed by atoms with van der Waals surface area (Å²) in [7, 11) is 0. The van der Waals surface area contributed by atoms with E-state index < -0.39 is 0 Å². The topological polar surface area (TPSA) is 35.2 Å². The van der Waals surface area contributed by atoms with E-state index in [-0.39, 0.29) is 6.04 Å². The molecule has 0 aliphatic carbocycles. The largest absolute Gasteiger partial charge is 0.381 e. The minimum atomic E-state index is 0.160.